The first-order valence-corrected chi connectivity index (χ1v) is 8.20. The van der Waals surface area contributed by atoms with Crippen molar-refractivity contribution in [2.45, 2.75) is 64.5 Å². The summed E-state index contributed by atoms with van der Waals surface area (Å²) in [6.07, 6.45) is 8.72. The number of hydrogen-bond acceptors (Lipinski definition) is 2. The highest BCUT2D eigenvalue weighted by atomic mass is 15.2. The predicted octanol–water partition coefficient (Wildman–Crippen LogP) is 2.89. The molecule has 1 saturated heterocycles. The summed E-state index contributed by atoms with van der Waals surface area (Å²) in [4.78, 5) is 2.85. The molecule has 0 radical (unpaired) electrons. The monoisotopic (exact) mass is 250 g/mol. The Labute approximate surface area is 113 Å². The highest BCUT2D eigenvalue weighted by Crippen LogP contribution is 2.39. The van der Waals surface area contributed by atoms with Gasteiger partial charge in [-0.05, 0) is 62.8 Å². The Bertz CT molecular complexity index is 260. The maximum absolute atomic E-state index is 3.68. The van der Waals surface area contributed by atoms with E-state index in [1.807, 2.05) is 0 Å². The van der Waals surface area contributed by atoms with Crippen LogP contribution in [0.3, 0.4) is 0 Å². The number of hydrogen-bond donors (Lipinski definition) is 1. The third-order valence-corrected chi connectivity index (χ3v) is 5.42. The van der Waals surface area contributed by atoms with Gasteiger partial charge in [0.2, 0.25) is 0 Å². The van der Waals surface area contributed by atoms with E-state index >= 15 is 0 Å². The first kappa shape index (κ1) is 12.9. The minimum Gasteiger partial charge on any atom is -0.313 e. The van der Waals surface area contributed by atoms with Crippen LogP contribution in [0.15, 0.2) is 0 Å². The fraction of sp³-hybridized carbons (Fsp3) is 1.00. The number of nitrogens with zero attached hydrogens (tertiary/aromatic N) is 1. The Kier molecular flexibility index (Phi) is 3.95. The van der Waals surface area contributed by atoms with E-state index in [0.717, 1.165) is 29.8 Å². The minimum atomic E-state index is 0.793. The van der Waals surface area contributed by atoms with Gasteiger partial charge in [0.1, 0.15) is 0 Å². The highest BCUT2D eigenvalue weighted by Gasteiger charge is 2.38. The van der Waals surface area contributed by atoms with E-state index in [9.17, 15) is 0 Å². The van der Waals surface area contributed by atoms with Gasteiger partial charge < -0.3 is 5.32 Å². The van der Waals surface area contributed by atoms with Crippen molar-refractivity contribution in [3.8, 4) is 0 Å². The van der Waals surface area contributed by atoms with Crippen molar-refractivity contribution in [2.75, 3.05) is 19.6 Å². The molecular weight excluding hydrogens is 220 g/mol. The van der Waals surface area contributed by atoms with E-state index in [1.165, 1.54) is 58.2 Å². The van der Waals surface area contributed by atoms with Crippen LogP contribution in [0.5, 0.6) is 0 Å². The Hall–Kier alpha value is -0.0800. The lowest BCUT2D eigenvalue weighted by Crippen LogP contribution is -2.50. The minimum absolute atomic E-state index is 0.793. The van der Waals surface area contributed by atoms with Crippen molar-refractivity contribution in [2.24, 2.45) is 17.8 Å². The second-order valence-corrected chi connectivity index (χ2v) is 7.32. The molecule has 0 aromatic heterocycles. The topological polar surface area (TPSA) is 15.3 Å². The highest BCUT2D eigenvalue weighted by molar-refractivity contribution is 4.93. The average molecular weight is 250 g/mol. The van der Waals surface area contributed by atoms with Crippen LogP contribution in [-0.2, 0) is 0 Å². The molecule has 3 fully saturated rings. The summed E-state index contributed by atoms with van der Waals surface area (Å²) in [5.74, 6) is 2.95. The van der Waals surface area contributed by atoms with E-state index in [-0.39, 0.29) is 0 Å². The largest absolute Gasteiger partial charge is 0.313 e. The van der Waals surface area contributed by atoms with Gasteiger partial charge in [0.05, 0.1) is 0 Å². The maximum Gasteiger partial charge on any atom is 0.0195 e. The molecule has 2 saturated carbocycles. The summed E-state index contributed by atoms with van der Waals surface area (Å²) in [5.41, 5.74) is 0. The van der Waals surface area contributed by atoms with Gasteiger partial charge >= 0.3 is 0 Å². The van der Waals surface area contributed by atoms with E-state index in [2.05, 4.69) is 24.1 Å². The molecule has 0 spiro atoms. The van der Waals surface area contributed by atoms with Crippen LogP contribution in [0.25, 0.3) is 0 Å². The molecule has 104 valence electrons. The summed E-state index contributed by atoms with van der Waals surface area (Å²) >= 11 is 0. The molecular formula is C16H30N2. The molecule has 1 aliphatic heterocycles. The molecule has 0 aromatic rings. The first-order chi connectivity index (χ1) is 8.72. The van der Waals surface area contributed by atoms with Gasteiger partial charge in [0.25, 0.3) is 0 Å². The van der Waals surface area contributed by atoms with Crippen LogP contribution in [0.2, 0.25) is 0 Å². The summed E-state index contributed by atoms with van der Waals surface area (Å²) < 4.78 is 0. The van der Waals surface area contributed by atoms with E-state index in [4.69, 9.17) is 0 Å². The normalized spacial score (nSPS) is 36.3. The summed E-state index contributed by atoms with van der Waals surface area (Å²) in [6, 6.07) is 1.71. The Morgan fingerprint density at radius 3 is 2.44 bits per heavy atom. The Balaban J connectivity index is 1.49. The van der Waals surface area contributed by atoms with Gasteiger partial charge in [-0.15, -0.1) is 0 Å². The lowest BCUT2D eigenvalue weighted by Gasteiger charge is -2.45. The molecule has 2 nitrogen and oxygen atoms in total. The van der Waals surface area contributed by atoms with Gasteiger partial charge in [-0.25, -0.2) is 0 Å². The van der Waals surface area contributed by atoms with Crippen molar-refractivity contribution in [3.05, 3.63) is 0 Å². The number of rotatable bonds is 6. The quantitative estimate of drug-likeness (QED) is 0.780. The third kappa shape index (κ3) is 3.08. The molecule has 0 amide bonds. The van der Waals surface area contributed by atoms with Crippen LogP contribution in [-0.4, -0.2) is 36.6 Å². The average Bonchev–Trinajstić information content (AvgIpc) is 2.90. The van der Waals surface area contributed by atoms with Gasteiger partial charge in [-0.2, -0.15) is 0 Å². The summed E-state index contributed by atoms with van der Waals surface area (Å²) in [6.45, 7) is 8.76. The summed E-state index contributed by atoms with van der Waals surface area (Å²) in [5, 5.41) is 3.68. The first-order valence-electron chi connectivity index (χ1n) is 8.20. The molecule has 0 aromatic carbocycles. The zero-order valence-electron chi connectivity index (χ0n) is 12.2. The molecule has 1 N–H and O–H groups in total. The molecule has 2 heteroatoms. The van der Waals surface area contributed by atoms with Crippen LogP contribution in [0.4, 0.5) is 0 Å². The van der Waals surface area contributed by atoms with Crippen molar-refractivity contribution in [1.82, 2.24) is 10.2 Å². The molecule has 0 bridgehead atoms. The van der Waals surface area contributed by atoms with Crippen molar-refractivity contribution in [1.29, 1.82) is 0 Å². The third-order valence-electron chi connectivity index (χ3n) is 5.42. The van der Waals surface area contributed by atoms with Crippen LogP contribution >= 0.6 is 0 Å². The molecule has 18 heavy (non-hydrogen) atoms. The molecule has 1 unspecified atom stereocenters. The second-order valence-electron chi connectivity index (χ2n) is 7.32. The maximum atomic E-state index is 3.68. The van der Waals surface area contributed by atoms with Gasteiger partial charge in [0.15, 0.2) is 0 Å². The predicted molar refractivity (Wildman–Crippen MR) is 76.7 cm³/mol. The van der Waals surface area contributed by atoms with Crippen molar-refractivity contribution >= 4 is 0 Å². The molecule has 1 atom stereocenters. The lowest BCUT2D eigenvalue weighted by molar-refractivity contribution is 0.0465. The fourth-order valence-electron chi connectivity index (χ4n) is 3.67. The van der Waals surface area contributed by atoms with E-state index < -0.39 is 0 Å². The van der Waals surface area contributed by atoms with E-state index in [1.54, 1.807) is 0 Å². The van der Waals surface area contributed by atoms with Crippen molar-refractivity contribution in [3.63, 3.8) is 0 Å². The zero-order valence-corrected chi connectivity index (χ0v) is 12.2. The second kappa shape index (κ2) is 5.50. The van der Waals surface area contributed by atoms with Gasteiger partial charge in [-0.3, -0.25) is 4.90 Å². The zero-order chi connectivity index (χ0) is 12.5. The lowest BCUT2D eigenvalue weighted by atomic mass is 9.73. The number of nitrogens with one attached hydrogen (secondary N) is 1. The standard InChI is InChI=1S/C16H30N2/c1-12(2)14-8-16(9-14)18(10-13-5-6-13)11-15-4-3-7-17-15/h12-17H,3-11H2,1-2H3. The van der Waals surface area contributed by atoms with Crippen LogP contribution in [0.1, 0.15) is 52.4 Å². The molecule has 2 aliphatic carbocycles. The van der Waals surface area contributed by atoms with Crippen molar-refractivity contribution < 1.29 is 0 Å². The molecule has 1 heterocycles. The SMILES string of the molecule is CC(C)C1CC(N(CC2CC2)CC2CCCN2)C1. The Morgan fingerprint density at radius 2 is 1.89 bits per heavy atom. The van der Waals surface area contributed by atoms with E-state index in [0.29, 0.717) is 0 Å². The van der Waals surface area contributed by atoms with Gasteiger partial charge in [0, 0.05) is 25.2 Å². The van der Waals surface area contributed by atoms with Crippen LogP contribution < -0.4 is 5.32 Å². The fourth-order valence-corrected chi connectivity index (χ4v) is 3.67. The Morgan fingerprint density at radius 1 is 1.11 bits per heavy atom. The summed E-state index contributed by atoms with van der Waals surface area (Å²) in [7, 11) is 0. The van der Waals surface area contributed by atoms with Gasteiger partial charge in [-0.1, -0.05) is 13.8 Å². The smallest absolute Gasteiger partial charge is 0.0195 e. The molecule has 3 aliphatic rings. The molecule has 3 rings (SSSR count). The van der Waals surface area contributed by atoms with Crippen LogP contribution in [0, 0.1) is 17.8 Å².